The first kappa shape index (κ1) is 42.1. The van der Waals surface area contributed by atoms with Crippen LogP contribution in [-0.4, -0.2) is 87.8 Å². The molecule has 0 unspecified atom stereocenters. The van der Waals surface area contributed by atoms with Gasteiger partial charge in [-0.25, -0.2) is 13.1 Å². The molecule has 1 saturated carbocycles. The molecule has 4 aromatic carbocycles. The third kappa shape index (κ3) is 9.25. The van der Waals surface area contributed by atoms with Gasteiger partial charge in [0.15, 0.2) is 0 Å². The quantitative estimate of drug-likeness (QED) is 0.0865. The first-order valence-electron chi connectivity index (χ1n) is 21.4. The number of aryl methyl sites for hydroxylation is 1. The van der Waals surface area contributed by atoms with E-state index in [-0.39, 0.29) is 29.5 Å². The summed E-state index contributed by atoms with van der Waals surface area (Å²) in [6.45, 7) is 5.45. The number of amides is 1. The monoisotopic (exact) mass is 879 g/mol. The Kier molecular flexibility index (Phi) is 12.1. The Morgan fingerprint density at radius 1 is 0.968 bits per heavy atom. The van der Waals surface area contributed by atoms with E-state index >= 15 is 0 Å². The number of aromatic nitrogens is 1. The molecule has 1 amide bonds. The lowest BCUT2D eigenvalue weighted by molar-refractivity contribution is -0.385. The molecule has 2 aliphatic heterocycles. The summed E-state index contributed by atoms with van der Waals surface area (Å²) >= 11 is 6.28. The minimum absolute atomic E-state index is 0.00542. The summed E-state index contributed by atoms with van der Waals surface area (Å²) in [5, 5.41) is 13.7. The number of H-pyrrole nitrogens is 1. The SMILES string of the molecule is O=C(NS(=O)(=O)c1ccc(CC[C@@H]2COCCO2)c([N+](=O)[O-])c1)c1ccc(N2CCN(CC3=C(c4ccc(Cl)cc4)CC4(CCC4)CC3)CC2)cc1Oc1ccc2[nH]ccc2c1. The molecule has 1 spiro atoms. The summed E-state index contributed by atoms with van der Waals surface area (Å²) in [7, 11) is -4.54. The number of piperazine rings is 1. The molecule has 0 radical (unpaired) electrons. The number of carbonyl (C=O) groups excluding carboxylic acids is 1. The van der Waals surface area contributed by atoms with Crippen molar-refractivity contribution >= 4 is 55.4 Å². The number of rotatable bonds is 13. The van der Waals surface area contributed by atoms with Gasteiger partial charge in [0.2, 0.25) is 0 Å². The second-order valence-electron chi connectivity index (χ2n) is 17.0. The van der Waals surface area contributed by atoms with Gasteiger partial charge in [-0.3, -0.25) is 19.8 Å². The van der Waals surface area contributed by atoms with Crippen LogP contribution in [0.1, 0.15) is 66.4 Å². The van der Waals surface area contributed by atoms with Crippen molar-refractivity contribution in [2.45, 2.75) is 62.4 Å². The molecular weight excluding hydrogens is 830 g/mol. The van der Waals surface area contributed by atoms with E-state index in [1.54, 1.807) is 24.3 Å². The molecule has 62 heavy (non-hydrogen) atoms. The zero-order valence-corrected chi connectivity index (χ0v) is 36.0. The number of nitro groups is 1. The average Bonchev–Trinajstić information content (AvgIpc) is 3.74. The van der Waals surface area contributed by atoms with Gasteiger partial charge in [-0.1, -0.05) is 41.8 Å². The molecule has 1 atom stereocenters. The van der Waals surface area contributed by atoms with Crippen LogP contribution in [0, 0.1) is 15.5 Å². The third-order valence-electron chi connectivity index (χ3n) is 13.1. The average molecular weight is 880 g/mol. The smallest absolute Gasteiger partial charge is 0.273 e. The molecule has 2 saturated heterocycles. The normalized spacial score (nSPS) is 19.4. The molecular formula is C47H50ClN5O8S. The number of hydrogen-bond donors (Lipinski definition) is 2. The largest absolute Gasteiger partial charge is 0.456 e. The number of halogens is 1. The lowest BCUT2D eigenvalue weighted by Gasteiger charge is -2.47. The number of anilines is 1. The van der Waals surface area contributed by atoms with Crippen LogP contribution < -0.4 is 14.4 Å². The van der Waals surface area contributed by atoms with E-state index in [9.17, 15) is 23.3 Å². The predicted octanol–water partition coefficient (Wildman–Crippen LogP) is 8.92. The van der Waals surface area contributed by atoms with Crippen molar-refractivity contribution < 1.29 is 32.3 Å². The molecule has 324 valence electrons. The van der Waals surface area contributed by atoms with Crippen LogP contribution in [0.3, 0.4) is 0 Å². The molecule has 0 bridgehead atoms. The molecule has 2 aliphatic carbocycles. The van der Waals surface area contributed by atoms with E-state index in [1.807, 2.05) is 36.5 Å². The Balaban J connectivity index is 0.926. The zero-order valence-electron chi connectivity index (χ0n) is 34.4. The highest BCUT2D eigenvalue weighted by molar-refractivity contribution is 7.90. The highest BCUT2D eigenvalue weighted by atomic mass is 35.5. The van der Waals surface area contributed by atoms with Crippen molar-refractivity contribution in [3.63, 3.8) is 0 Å². The Bertz CT molecular complexity index is 2610. The molecule has 3 heterocycles. The first-order valence-corrected chi connectivity index (χ1v) is 23.2. The maximum atomic E-state index is 13.9. The van der Waals surface area contributed by atoms with Crippen LogP contribution >= 0.6 is 11.6 Å². The molecule has 5 aromatic rings. The van der Waals surface area contributed by atoms with Gasteiger partial charge in [0.05, 0.1) is 41.3 Å². The zero-order chi connectivity index (χ0) is 42.8. The fraction of sp³-hybridized carbons (Fsp3) is 0.383. The lowest BCUT2D eigenvalue weighted by Crippen LogP contribution is -2.47. The number of nitrogens with zero attached hydrogens (tertiary/aromatic N) is 3. The first-order chi connectivity index (χ1) is 30.0. The van der Waals surface area contributed by atoms with Gasteiger partial charge in [-0.2, -0.15) is 0 Å². The van der Waals surface area contributed by atoms with Crippen LogP contribution in [0.2, 0.25) is 5.02 Å². The van der Waals surface area contributed by atoms with E-state index in [2.05, 4.69) is 31.6 Å². The Morgan fingerprint density at radius 2 is 1.79 bits per heavy atom. The number of carbonyl (C=O) groups is 1. The highest BCUT2D eigenvalue weighted by Gasteiger charge is 2.41. The molecule has 15 heteroatoms. The topological polar surface area (TPSA) is 156 Å². The number of hydrogen-bond acceptors (Lipinski definition) is 10. The van der Waals surface area contributed by atoms with E-state index in [4.69, 9.17) is 25.8 Å². The van der Waals surface area contributed by atoms with Gasteiger partial charge >= 0.3 is 0 Å². The summed E-state index contributed by atoms with van der Waals surface area (Å²) in [4.78, 5) is 33.0. The van der Waals surface area contributed by atoms with Crippen LogP contribution in [0.25, 0.3) is 16.5 Å². The fourth-order valence-electron chi connectivity index (χ4n) is 9.37. The Hall–Kier alpha value is -5.25. The molecule has 2 N–H and O–H groups in total. The van der Waals surface area contributed by atoms with Crippen molar-refractivity contribution in [3.05, 3.63) is 129 Å². The van der Waals surface area contributed by atoms with E-state index in [1.165, 1.54) is 54.5 Å². The van der Waals surface area contributed by atoms with E-state index < -0.39 is 25.7 Å². The summed E-state index contributed by atoms with van der Waals surface area (Å²) in [5.74, 6) is -0.290. The van der Waals surface area contributed by atoms with Gasteiger partial charge in [-0.05, 0) is 116 Å². The van der Waals surface area contributed by atoms with Gasteiger partial charge in [0.25, 0.3) is 21.6 Å². The summed E-state index contributed by atoms with van der Waals surface area (Å²) in [6.07, 6.45) is 9.81. The van der Waals surface area contributed by atoms with E-state index in [0.29, 0.717) is 43.0 Å². The van der Waals surface area contributed by atoms with Crippen molar-refractivity contribution in [2.75, 3.05) is 57.4 Å². The second kappa shape index (κ2) is 17.9. The maximum absolute atomic E-state index is 13.9. The predicted molar refractivity (Wildman–Crippen MR) is 239 cm³/mol. The number of allylic oxidation sites excluding steroid dienone is 1. The van der Waals surface area contributed by atoms with Crippen molar-refractivity contribution in [1.82, 2.24) is 14.6 Å². The molecule has 3 fully saturated rings. The van der Waals surface area contributed by atoms with Crippen LogP contribution in [0.5, 0.6) is 11.5 Å². The number of ether oxygens (including phenoxy) is 3. The van der Waals surface area contributed by atoms with Gasteiger partial charge < -0.3 is 24.1 Å². The molecule has 4 aliphatic rings. The standard InChI is InChI=1S/C47H50ClN5O8S/c48-36-6-2-32(3-7-36)42-29-47(16-1-17-47)18-14-35(42)30-51-20-22-52(23-21-51)37-8-12-41(45(27-37)61-38-10-13-43-34(26-38)15-19-49-43)46(54)50-62(57,58)40-11-5-33(44(28-40)53(55)56)4-9-39-31-59-24-25-60-39/h2-3,5-8,10-13,15,19,26-28,39,49H,1,4,9,14,16-18,20-25,29-31H2,(H,50,54)/t39-/m1/s1. The minimum Gasteiger partial charge on any atom is -0.456 e. The number of benzene rings is 4. The Labute approximate surface area is 366 Å². The number of nitro benzene ring substituents is 1. The number of nitrogens with one attached hydrogen (secondary N) is 2. The van der Waals surface area contributed by atoms with Gasteiger partial charge in [0.1, 0.15) is 11.5 Å². The van der Waals surface area contributed by atoms with Crippen molar-refractivity contribution in [1.29, 1.82) is 0 Å². The number of sulfonamides is 1. The van der Waals surface area contributed by atoms with Crippen molar-refractivity contribution in [2.24, 2.45) is 5.41 Å². The molecule has 1 aromatic heterocycles. The van der Waals surface area contributed by atoms with E-state index in [0.717, 1.165) is 73.2 Å². The highest BCUT2D eigenvalue weighted by Crippen LogP contribution is 2.55. The molecule has 13 nitrogen and oxygen atoms in total. The van der Waals surface area contributed by atoms with Crippen LogP contribution in [0.4, 0.5) is 11.4 Å². The number of aromatic amines is 1. The summed E-state index contributed by atoms with van der Waals surface area (Å²) in [6, 6.07) is 24.5. The summed E-state index contributed by atoms with van der Waals surface area (Å²) < 4.78 is 47.0. The lowest BCUT2D eigenvalue weighted by atomic mass is 9.59. The fourth-order valence-corrected chi connectivity index (χ4v) is 10.5. The van der Waals surface area contributed by atoms with Gasteiger partial charge in [0, 0.05) is 78.2 Å². The Morgan fingerprint density at radius 3 is 2.53 bits per heavy atom. The third-order valence-corrected chi connectivity index (χ3v) is 14.6. The maximum Gasteiger partial charge on any atom is 0.273 e. The van der Waals surface area contributed by atoms with Crippen molar-refractivity contribution in [3.8, 4) is 11.5 Å². The number of fused-ring (bicyclic) bond motifs is 1. The second-order valence-corrected chi connectivity index (χ2v) is 19.1. The summed E-state index contributed by atoms with van der Waals surface area (Å²) in [5.41, 5.74) is 6.48. The minimum atomic E-state index is -4.54. The molecule has 9 rings (SSSR count). The van der Waals surface area contributed by atoms with Gasteiger partial charge in [-0.15, -0.1) is 0 Å². The van der Waals surface area contributed by atoms with Crippen LogP contribution in [-0.2, 0) is 25.9 Å². The van der Waals surface area contributed by atoms with Crippen LogP contribution in [0.15, 0.2) is 102 Å².